The van der Waals surface area contributed by atoms with Crippen LogP contribution in [0.3, 0.4) is 0 Å². The molecule has 0 saturated carbocycles. The Morgan fingerprint density at radius 2 is 2.20 bits per heavy atom. The van der Waals surface area contributed by atoms with Gasteiger partial charge in [-0.3, -0.25) is 9.59 Å². The Hall–Kier alpha value is -2.39. The minimum absolute atomic E-state index is 0.248. The van der Waals surface area contributed by atoms with Crippen LogP contribution in [0, 0.1) is 0 Å². The van der Waals surface area contributed by atoms with Gasteiger partial charge in [-0.25, -0.2) is 0 Å². The number of aliphatic carboxylic acids is 1. The molecule has 1 aromatic carbocycles. The topological polar surface area (TPSA) is 104 Å². The van der Waals surface area contributed by atoms with Gasteiger partial charge < -0.3 is 20.1 Å². The van der Waals surface area contributed by atoms with Crippen molar-refractivity contribution in [3.05, 3.63) is 29.8 Å². The fourth-order valence-corrected chi connectivity index (χ4v) is 2.86. The third-order valence-corrected chi connectivity index (χ3v) is 4.27. The molecule has 1 heterocycles. The molecule has 1 aliphatic rings. The maximum absolute atomic E-state index is 11.6. The van der Waals surface area contributed by atoms with Crippen molar-refractivity contribution in [2.75, 3.05) is 27.2 Å². The van der Waals surface area contributed by atoms with E-state index in [1.54, 1.807) is 0 Å². The van der Waals surface area contributed by atoms with Crippen molar-refractivity contribution in [2.45, 2.75) is 11.7 Å². The molecule has 0 aliphatic carbocycles. The number of amides is 1. The summed E-state index contributed by atoms with van der Waals surface area (Å²) in [5, 5.41) is 18.8. The van der Waals surface area contributed by atoms with Crippen molar-refractivity contribution in [3.63, 3.8) is 0 Å². The average Bonchev–Trinajstić information content (AvgIpc) is 2.87. The van der Waals surface area contributed by atoms with Gasteiger partial charge in [0, 0.05) is 12.1 Å². The normalized spacial score (nSPS) is 18.9. The summed E-state index contributed by atoms with van der Waals surface area (Å²) in [4.78, 5) is 24.3. The summed E-state index contributed by atoms with van der Waals surface area (Å²) in [7, 11) is 3.94. The lowest BCUT2D eigenvalue weighted by Crippen LogP contribution is -2.26. The maximum atomic E-state index is 11.6. The summed E-state index contributed by atoms with van der Waals surface area (Å²) in [6.45, 7) is 1.34. The SMILES string of the molecule is CN(C)CCOc1ccccc1C=NN=C1NC(=O)C(CC(=O)O)S1. The van der Waals surface area contributed by atoms with Gasteiger partial charge in [0.05, 0.1) is 12.6 Å². The van der Waals surface area contributed by atoms with Crippen molar-refractivity contribution >= 4 is 35.0 Å². The number of carboxylic acid groups (broad SMARTS) is 1. The highest BCUT2D eigenvalue weighted by Gasteiger charge is 2.32. The number of carbonyl (C=O) groups is 2. The van der Waals surface area contributed by atoms with Gasteiger partial charge in [0.1, 0.15) is 17.6 Å². The smallest absolute Gasteiger partial charge is 0.305 e. The first-order chi connectivity index (χ1) is 12.0. The first-order valence-corrected chi connectivity index (χ1v) is 8.50. The number of thioether (sulfide) groups is 1. The number of ether oxygens (including phenoxy) is 1. The zero-order valence-electron chi connectivity index (χ0n) is 14.0. The highest BCUT2D eigenvalue weighted by molar-refractivity contribution is 8.15. The predicted octanol–water partition coefficient (Wildman–Crippen LogP) is 1.02. The second-order valence-corrected chi connectivity index (χ2v) is 6.72. The largest absolute Gasteiger partial charge is 0.492 e. The Balaban J connectivity index is 1.98. The number of carboxylic acids is 1. The molecule has 2 rings (SSSR count). The van der Waals surface area contributed by atoms with E-state index in [-0.39, 0.29) is 12.3 Å². The maximum Gasteiger partial charge on any atom is 0.305 e. The van der Waals surface area contributed by atoms with Crippen molar-refractivity contribution in [1.29, 1.82) is 0 Å². The molecule has 1 fully saturated rings. The number of hydrogen-bond acceptors (Lipinski definition) is 7. The van der Waals surface area contributed by atoms with E-state index < -0.39 is 11.2 Å². The Morgan fingerprint density at radius 1 is 1.44 bits per heavy atom. The average molecular weight is 364 g/mol. The number of amidine groups is 1. The highest BCUT2D eigenvalue weighted by Crippen LogP contribution is 2.22. The molecule has 2 N–H and O–H groups in total. The molecular formula is C16H20N4O4S. The molecule has 1 aliphatic heterocycles. The number of nitrogens with one attached hydrogen (secondary N) is 1. The van der Waals surface area contributed by atoms with Crippen LogP contribution in [0.5, 0.6) is 5.75 Å². The van der Waals surface area contributed by atoms with E-state index in [0.29, 0.717) is 17.5 Å². The Bertz CT molecular complexity index is 690. The van der Waals surface area contributed by atoms with E-state index in [4.69, 9.17) is 9.84 Å². The molecule has 0 bridgehead atoms. The standard InChI is InChI=1S/C16H20N4O4S/c1-20(2)7-8-24-12-6-4-3-5-11(12)10-17-19-16-18-15(23)13(25-16)9-14(21)22/h3-6,10,13H,7-9H2,1-2H3,(H,21,22)(H,18,19,23). The van der Waals surface area contributed by atoms with Crippen LogP contribution in [0.1, 0.15) is 12.0 Å². The lowest BCUT2D eigenvalue weighted by atomic mass is 10.2. The van der Waals surface area contributed by atoms with Crippen LogP contribution in [-0.2, 0) is 9.59 Å². The molecule has 8 nitrogen and oxygen atoms in total. The number of rotatable bonds is 8. The number of likely N-dealkylation sites (N-methyl/N-ethyl adjacent to an activating group) is 1. The van der Waals surface area contributed by atoms with Crippen molar-refractivity contribution < 1.29 is 19.4 Å². The fraction of sp³-hybridized carbons (Fsp3) is 0.375. The third kappa shape index (κ3) is 6.20. The Morgan fingerprint density at radius 3 is 2.92 bits per heavy atom. The van der Waals surface area contributed by atoms with Crippen LogP contribution in [0.4, 0.5) is 0 Å². The van der Waals surface area contributed by atoms with E-state index in [1.807, 2.05) is 43.3 Å². The number of carbonyl (C=O) groups excluding carboxylic acids is 1. The van der Waals surface area contributed by atoms with Gasteiger partial charge in [-0.05, 0) is 26.2 Å². The van der Waals surface area contributed by atoms with E-state index in [9.17, 15) is 9.59 Å². The van der Waals surface area contributed by atoms with Gasteiger partial charge >= 0.3 is 5.97 Å². The minimum atomic E-state index is -1.03. The molecule has 0 aromatic heterocycles. The molecule has 25 heavy (non-hydrogen) atoms. The van der Waals surface area contributed by atoms with Crippen LogP contribution in [0.15, 0.2) is 34.5 Å². The summed E-state index contributed by atoms with van der Waals surface area (Å²) in [6.07, 6.45) is 1.29. The molecular weight excluding hydrogens is 344 g/mol. The van der Waals surface area contributed by atoms with Crippen LogP contribution >= 0.6 is 11.8 Å². The molecule has 134 valence electrons. The second-order valence-electron chi connectivity index (χ2n) is 5.53. The van der Waals surface area contributed by atoms with Crippen molar-refractivity contribution in [2.24, 2.45) is 10.2 Å². The number of hydrogen-bond donors (Lipinski definition) is 2. The summed E-state index contributed by atoms with van der Waals surface area (Å²) < 4.78 is 5.73. The lowest BCUT2D eigenvalue weighted by Gasteiger charge is -2.12. The molecule has 0 spiro atoms. The van der Waals surface area contributed by atoms with E-state index >= 15 is 0 Å². The summed E-state index contributed by atoms with van der Waals surface area (Å²) in [6, 6.07) is 7.43. The Labute approximate surface area is 149 Å². The van der Waals surface area contributed by atoms with E-state index in [1.165, 1.54) is 6.21 Å². The van der Waals surface area contributed by atoms with Gasteiger partial charge in [-0.2, -0.15) is 5.10 Å². The monoisotopic (exact) mass is 364 g/mol. The van der Waals surface area contributed by atoms with Crippen LogP contribution < -0.4 is 10.1 Å². The first-order valence-electron chi connectivity index (χ1n) is 7.62. The minimum Gasteiger partial charge on any atom is -0.492 e. The summed E-state index contributed by atoms with van der Waals surface area (Å²) >= 11 is 1.06. The van der Waals surface area contributed by atoms with Gasteiger partial charge in [0.25, 0.3) is 0 Å². The quantitative estimate of drug-likeness (QED) is 0.527. The number of nitrogens with zero attached hydrogens (tertiary/aromatic N) is 3. The molecule has 0 radical (unpaired) electrons. The third-order valence-electron chi connectivity index (χ3n) is 3.20. The molecule has 1 amide bonds. The highest BCUT2D eigenvalue weighted by atomic mass is 32.2. The fourth-order valence-electron chi connectivity index (χ4n) is 1.95. The molecule has 1 atom stereocenters. The second kappa shape index (κ2) is 9.19. The molecule has 1 saturated heterocycles. The van der Waals surface area contributed by atoms with Crippen LogP contribution in [-0.4, -0.2) is 65.8 Å². The Kier molecular flexibility index (Phi) is 6.96. The molecule has 9 heteroatoms. The molecule has 1 aromatic rings. The summed E-state index contributed by atoms with van der Waals surface area (Å²) in [5.74, 6) is -0.699. The first kappa shape index (κ1) is 18.9. The number of para-hydroxylation sites is 1. The van der Waals surface area contributed by atoms with Gasteiger partial charge in [0.2, 0.25) is 5.91 Å². The van der Waals surface area contributed by atoms with Crippen LogP contribution in [0.2, 0.25) is 0 Å². The zero-order valence-corrected chi connectivity index (χ0v) is 14.8. The van der Waals surface area contributed by atoms with E-state index in [2.05, 4.69) is 15.5 Å². The molecule has 1 unspecified atom stereocenters. The van der Waals surface area contributed by atoms with Crippen molar-refractivity contribution in [1.82, 2.24) is 10.2 Å². The van der Waals surface area contributed by atoms with Gasteiger partial charge in [0.15, 0.2) is 5.17 Å². The number of benzene rings is 1. The van der Waals surface area contributed by atoms with Crippen molar-refractivity contribution in [3.8, 4) is 5.75 Å². The zero-order chi connectivity index (χ0) is 18.2. The summed E-state index contributed by atoms with van der Waals surface area (Å²) in [5.41, 5.74) is 0.766. The van der Waals surface area contributed by atoms with E-state index in [0.717, 1.165) is 23.9 Å². The predicted molar refractivity (Wildman–Crippen MR) is 97.3 cm³/mol. The van der Waals surface area contributed by atoms with Gasteiger partial charge in [-0.15, -0.1) is 5.10 Å². The lowest BCUT2D eigenvalue weighted by molar-refractivity contribution is -0.138. The van der Waals surface area contributed by atoms with Crippen LogP contribution in [0.25, 0.3) is 0 Å². The van der Waals surface area contributed by atoms with Gasteiger partial charge in [-0.1, -0.05) is 23.9 Å².